The molecule has 83 heavy (non-hydrogen) atoms. The van der Waals surface area contributed by atoms with E-state index in [1.165, 1.54) is 28.7 Å². The lowest BCUT2D eigenvalue weighted by atomic mass is 9.83. The number of carbonyl (C=O) groups is 5. The first kappa shape index (κ1) is 59.6. The Morgan fingerprint density at radius 2 is 1.61 bits per heavy atom. The van der Waals surface area contributed by atoms with E-state index in [4.69, 9.17) is 14.2 Å². The summed E-state index contributed by atoms with van der Waals surface area (Å²) < 4.78 is 18.7. The number of methoxy groups -OCH3 is 1. The summed E-state index contributed by atoms with van der Waals surface area (Å²) in [6.07, 6.45) is 10.0. The zero-order valence-corrected chi connectivity index (χ0v) is 50.7. The zero-order valence-electron chi connectivity index (χ0n) is 49.1. The molecule has 0 bridgehead atoms. The zero-order chi connectivity index (χ0) is 58.4. The van der Waals surface area contributed by atoms with Crippen LogP contribution in [0, 0.1) is 12.3 Å². The van der Waals surface area contributed by atoms with Crippen molar-refractivity contribution in [2.24, 2.45) is 5.41 Å². The number of aromatic nitrogens is 1. The molecular weight excluding hydrogens is 1090 g/mol. The highest BCUT2D eigenvalue weighted by molar-refractivity contribution is 8.01. The monoisotopic (exact) mass is 1170 g/mol. The first-order valence-corrected chi connectivity index (χ1v) is 31.2. The number of hydrogen-bond donors (Lipinski definition) is 4. The normalized spacial score (nSPS) is 21.1. The van der Waals surface area contributed by atoms with Gasteiger partial charge in [0.15, 0.2) is 5.13 Å². The molecule has 3 fully saturated rings. The second kappa shape index (κ2) is 26.6. The second-order valence-corrected chi connectivity index (χ2v) is 26.2. The van der Waals surface area contributed by atoms with E-state index >= 15 is 0 Å². The van der Waals surface area contributed by atoms with Gasteiger partial charge in [-0.15, -0.1) is 0 Å². The number of carbonyl (C=O) groups excluding carboxylic acids is 5. The van der Waals surface area contributed by atoms with Crippen molar-refractivity contribution in [3.63, 3.8) is 0 Å². The van der Waals surface area contributed by atoms with Gasteiger partial charge in [-0.1, -0.05) is 74.2 Å². The Labute approximate surface area is 497 Å². The molecule has 4 aromatic carbocycles. The number of nitrogens with zero attached hydrogens (tertiary/aromatic N) is 5. The Balaban J connectivity index is 0.721. The van der Waals surface area contributed by atoms with E-state index in [2.05, 4.69) is 60.3 Å². The fourth-order valence-corrected chi connectivity index (χ4v) is 14.2. The molecule has 0 radical (unpaired) electrons. The van der Waals surface area contributed by atoms with Crippen LogP contribution in [0.1, 0.15) is 127 Å². The summed E-state index contributed by atoms with van der Waals surface area (Å²) >= 11 is 2.89. The van der Waals surface area contributed by atoms with Gasteiger partial charge >= 0.3 is 0 Å². The van der Waals surface area contributed by atoms with Crippen molar-refractivity contribution in [2.45, 2.75) is 144 Å². The number of anilines is 2. The van der Waals surface area contributed by atoms with Gasteiger partial charge in [-0.2, -0.15) is 0 Å². The molecule has 5 aromatic rings. The average molecular weight is 1170 g/mol. The van der Waals surface area contributed by atoms with E-state index in [1.54, 1.807) is 37.1 Å². The minimum atomic E-state index is -0.863. The third kappa shape index (κ3) is 14.2. The summed E-state index contributed by atoms with van der Waals surface area (Å²) in [5.74, 6) is 0.263. The van der Waals surface area contributed by atoms with Crippen LogP contribution in [0.2, 0.25) is 0 Å². The highest BCUT2D eigenvalue weighted by atomic mass is 32.2. The number of fused-ring (bicyclic) bond motifs is 2. The van der Waals surface area contributed by atoms with Gasteiger partial charge in [0.25, 0.3) is 11.8 Å². The van der Waals surface area contributed by atoms with Crippen LogP contribution >= 0.6 is 23.1 Å². The molecule has 1 unspecified atom stereocenters. The van der Waals surface area contributed by atoms with E-state index in [0.29, 0.717) is 60.8 Å². The fraction of sp³-hybridized carbons (Fsp3) is 0.500. The molecule has 2 aliphatic carbocycles. The lowest BCUT2D eigenvalue weighted by molar-refractivity contribution is -0.147. The van der Waals surface area contributed by atoms with Crippen molar-refractivity contribution in [3.8, 4) is 11.5 Å². The summed E-state index contributed by atoms with van der Waals surface area (Å²) in [5.41, 5.74) is 6.84. The van der Waals surface area contributed by atoms with Crippen molar-refractivity contribution < 1.29 is 38.2 Å². The molecule has 442 valence electrons. The number of morpholine rings is 1. The van der Waals surface area contributed by atoms with E-state index in [0.717, 1.165) is 120 Å². The Hall–Kier alpha value is -6.51. The summed E-state index contributed by atoms with van der Waals surface area (Å²) in [5, 5.41) is 12.9. The maximum absolute atomic E-state index is 14.9. The van der Waals surface area contributed by atoms with Gasteiger partial charge in [-0.25, -0.2) is 4.98 Å². The number of amides is 5. The predicted octanol–water partition coefficient (Wildman–Crippen LogP) is 8.82. The molecule has 3 aliphatic heterocycles. The predicted molar refractivity (Wildman–Crippen MR) is 325 cm³/mol. The third-order valence-electron chi connectivity index (χ3n) is 17.3. The maximum Gasteiger partial charge on any atom is 0.257 e. The van der Waals surface area contributed by atoms with Gasteiger partial charge in [0.1, 0.15) is 23.6 Å². The number of nitrogens with one attached hydrogen (secondary N) is 4. The summed E-state index contributed by atoms with van der Waals surface area (Å²) in [6.45, 7) is 15.6. The largest absolute Gasteiger partial charge is 0.496 e. The van der Waals surface area contributed by atoms with Gasteiger partial charge < -0.3 is 44.9 Å². The molecule has 1 saturated carbocycles. The number of ether oxygens (including phenoxy) is 3. The Bertz CT molecular complexity index is 3130. The second-order valence-electron chi connectivity index (χ2n) is 23.8. The number of rotatable bonds is 16. The fourth-order valence-electron chi connectivity index (χ4n) is 12.3. The summed E-state index contributed by atoms with van der Waals surface area (Å²) in [4.78, 5) is 83.7. The van der Waals surface area contributed by atoms with Crippen LogP contribution < -0.4 is 35.6 Å². The topological polar surface area (TPSA) is 187 Å². The lowest BCUT2D eigenvalue weighted by Crippen LogP contribution is -2.62. The summed E-state index contributed by atoms with van der Waals surface area (Å²) in [6, 6.07) is 24.2. The molecule has 4 N–H and O–H groups in total. The highest BCUT2D eigenvalue weighted by Crippen LogP contribution is 2.40. The average Bonchev–Trinajstić information content (AvgIpc) is 3.37. The summed E-state index contributed by atoms with van der Waals surface area (Å²) in [7, 11) is 3.29. The number of thiazole rings is 1. The molecule has 17 nitrogen and oxygen atoms in total. The standard InChI is InChI=1S/C64H81N9O8S2/c1-40-34-54(79-7)51(61(77)72-30-32-80-33-31-72)37-55(40)82-56-38-66-63(83-56)69-59(75)43-18-21-47(22-19-43)71-28-26-70(27-29-71)46-14-11-15-48(25-23-46)81-49-24-20-44-36-53(60(76)67-52-17-10-13-42-12-8-9-16-50(42)52)73(39-45(44)35-49)62(78)57(64(3,4)5)68-58(74)41(2)65-6/h8-9,12,16,18-22,24,34-35,37-38,41,46,48,52-53,57,65H,10-11,13-15,17,23,25-33,36,39H2,1-7H3,(H,67,76)(H,68,74)(H,66,69,75)/t41-,46?,48-,52+,53-,57+/m0/s1. The van der Waals surface area contributed by atoms with E-state index in [9.17, 15) is 24.0 Å². The first-order chi connectivity index (χ1) is 40.0. The number of likely N-dealkylation sites (N-methyl/N-ethyl adjacent to an activating group) is 1. The van der Waals surface area contributed by atoms with Crippen molar-refractivity contribution in [2.75, 3.05) is 76.9 Å². The molecule has 5 aliphatic rings. The minimum absolute atomic E-state index is 0.0515. The van der Waals surface area contributed by atoms with Crippen LogP contribution in [0.25, 0.3) is 0 Å². The number of benzene rings is 4. The van der Waals surface area contributed by atoms with Crippen LogP contribution in [0.5, 0.6) is 11.5 Å². The Morgan fingerprint density at radius 1 is 0.843 bits per heavy atom. The van der Waals surface area contributed by atoms with Crippen molar-refractivity contribution in [1.82, 2.24) is 35.6 Å². The lowest BCUT2D eigenvalue weighted by Gasteiger charge is -2.42. The number of aryl methyl sites for hydroxylation is 2. The third-order valence-corrected chi connectivity index (χ3v) is 19.4. The molecule has 6 atom stereocenters. The minimum Gasteiger partial charge on any atom is -0.496 e. The van der Waals surface area contributed by atoms with Crippen LogP contribution in [0.3, 0.4) is 0 Å². The van der Waals surface area contributed by atoms with Crippen LogP contribution in [0.15, 0.2) is 94.2 Å². The number of piperazine rings is 1. The first-order valence-electron chi connectivity index (χ1n) is 29.6. The Morgan fingerprint density at radius 3 is 2.36 bits per heavy atom. The molecule has 0 spiro atoms. The van der Waals surface area contributed by atoms with Crippen LogP contribution in [-0.2, 0) is 38.5 Å². The smallest absolute Gasteiger partial charge is 0.257 e. The van der Waals surface area contributed by atoms with E-state index < -0.39 is 23.5 Å². The van der Waals surface area contributed by atoms with Crippen LogP contribution in [0.4, 0.5) is 10.8 Å². The molecule has 1 aromatic heterocycles. The van der Waals surface area contributed by atoms with E-state index in [-0.39, 0.29) is 48.2 Å². The van der Waals surface area contributed by atoms with Gasteiger partial charge in [0, 0.05) is 74.4 Å². The molecule has 4 heterocycles. The molecule has 2 saturated heterocycles. The Kier molecular flexibility index (Phi) is 19.1. The SMILES string of the molecule is CN[C@@H](C)C(=O)N[C@H](C(=O)N1Cc2cc(O[C@H]3CCCC(N4CCN(c5ccc(C(=O)Nc6ncc(Sc7cc(C(=O)N8CCOCC8)c(OC)cc7C)s6)cc5)CC4)CC3)ccc2C[C@H]1C(=O)N[C@@H]1CCCc2ccccc21)C(C)(C)C. The quantitative estimate of drug-likeness (QED) is 0.0688. The van der Waals surface area contributed by atoms with Crippen molar-refractivity contribution >= 4 is 63.5 Å². The van der Waals surface area contributed by atoms with E-state index in [1.807, 2.05) is 82.3 Å². The van der Waals surface area contributed by atoms with Gasteiger partial charge in [0.05, 0.1) is 54.5 Å². The van der Waals surface area contributed by atoms with Gasteiger partial charge in [-0.05, 0) is 154 Å². The van der Waals surface area contributed by atoms with Gasteiger partial charge in [0.2, 0.25) is 17.7 Å². The van der Waals surface area contributed by atoms with Gasteiger partial charge in [-0.3, -0.25) is 34.2 Å². The molecule has 19 heteroatoms. The molecule has 10 rings (SSSR count). The van der Waals surface area contributed by atoms with Crippen molar-refractivity contribution in [1.29, 1.82) is 0 Å². The highest BCUT2D eigenvalue weighted by Gasteiger charge is 2.43. The maximum atomic E-state index is 14.9. The number of hydrogen-bond acceptors (Lipinski definition) is 14. The van der Waals surface area contributed by atoms with Crippen molar-refractivity contribution in [3.05, 3.63) is 124 Å². The molecular formula is C64H81N9O8S2. The van der Waals surface area contributed by atoms with Crippen LogP contribution in [-0.4, -0.2) is 146 Å². The molecule has 5 amide bonds.